The summed E-state index contributed by atoms with van der Waals surface area (Å²) in [6, 6.07) is 0.178. The van der Waals surface area contributed by atoms with Gasteiger partial charge in [0.25, 0.3) is 0 Å². The van der Waals surface area contributed by atoms with E-state index in [9.17, 15) is 0 Å². The van der Waals surface area contributed by atoms with Crippen LogP contribution in [0.2, 0.25) is 0 Å². The molecule has 1 aromatic rings. The molecule has 96 valence electrons. The third kappa shape index (κ3) is 2.50. The topological polar surface area (TPSA) is 60.2 Å². The summed E-state index contributed by atoms with van der Waals surface area (Å²) < 4.78 is 10.7. The van der Waals surface area contributed by atoms with Crippen LogP contribution in [0.5, 0.6) is 0 Å². The number of aromatic nitrogens is 2. The highest BCUT2D eigenvalue weighted by atomic mass is 16.5. The lowest BCUT2D eigenvalue weighted by Gasteiger charge is -2.26. The van der Waals surface area contributed by atoms with Crippen molar-refractivity contribution in [2.45, 2.75) is 45.3 Å². The highest BCUT2D eigenvalue weighted by Crippen LogP contribution is 2.29. The summed E-state index contributed by atoms with van der Waals surface area (Å²) in [6.45, 7) is 7.08. The second-order valence-corrected chi connectivity index (χ2v) is 5.22. The average molecular weight is 239 g/mol. The van der Waals surface area contributed by atoms with Crippen LogP contribution in [-0.4, -0.2) is 23.8 Å². The molecule has 2 rings (SSSR count). The molecule has 1 N–H and O–H groups in total. The number of nitrogens with one attached hydrogen (secondary N) is 1. The van der Waals surface area contributed by atoms with Crippen LogP contribution in [0.4, 0.5) is 0 Å². The molecule has 0 amide bonds. The van der Waals surface area contributed by atoms with Gasteiger partial charge in [-0.15, -0.1) is 0 Å². The van der Waals surface area contributed by atoms with Gasteiger partial charge in [-0.3, -0.25) is 0 Å². The molecule has 0 aromatic carbocycles. The smallest absolute Gasteiger partial charge is 0.244 e. The van der Waals surface area contributed by atoms with Crippen molar-refractivity contribution < 1.29 is 9.26 Å². The molecule has 2 atom stereocenters. The number of rotatable bonds is 3. The van der Waals surface area contributed by atoms with Crippen molar-refractivity contribution in [3.05, 3.63) is 11.7 Å². The Morgan fingerprint density at radius 3 is 2.88 bits per heavy atom. The second kappa shape index (κ2) is 4.74. The quantitative estimate of drug-likeness (QED) is 0.874. The maximum Gasteiger partial charge on any atom is 0.244 e. The first kappa shape index (κ1) is 12.5. The predicted molar refractivity (Wildman–Crippen MR) is 63.5 cm³/mol. The first-order chi connectivity index (χ1) is 8.04. The molecular weight excluding hydrogens is 218 g/mol. The largest absolute Gasteiger partial charge is 0.371 e. The third-order valence-corrected chi connectivity index (χ3v) is 3.53. The first-order valence-corrected chi connectivity index (χ1v) is 6.17. The van der Waals surface area contributed by atoms with E-state index in [1.54, 1.807) is 7.11 Å². The van der Waals surface area contributed by atoms with Crippen LogP contribution in [0.15, 0.2) is 4.52 Å². The molecule has 1 fully saturated rings. The van der Waals surface area contributed by atoms with E-state index in [4.69, 9.17) is 9.26 Å². The monoisotopic (exact) mass is 239 g/mol. The van der Waals surface area contributed by atoms with Gasteiger partial charge in [-0.1, -0.05) is 12.1 Å². The van der Waals surface area contributed by atoms with Crippen molar-refractivity contribution in [2.75, 3.05) is 13.7 Å². The minimum absolute atomic E-state index is 0.178. The molecule has 5 nitrogen and oxygen atoms in total. The molecule has 1 aliphatic rings. The Morgan fingerprint density at radius 2 is 2.24 bits per heavy atom. The molecule has 17 heavy (non-hydrogen) atoms. The average Bonchev–Trinajstić information content (AvgIpc) is 2.79. The van der Waals surface area contributed by atoms with Crippen LogP contribution in [0.25, 0.3) is 0 Å². The summed E-state index contributed by atoms with van der Waals surface area (Å²) in [5.41, 5.74) is -0.500. The van der Waals surface area contributed by atoms with E-state index >= 15 is 0 Å². The van der Waals surface area contributed by atoms with Crippen LogP contribution in [0.3, 0.4) is 0 Å². The molecule has 2 heterocycles. The second-order valence-electron chi connectivity index (χ2n) is 5.22. The molecule has 1 aromatic heterocycles. The van der Waals surface area contributed by atoms with Gasteiger partial charge in [-0.2, -0.15) is 4.98 Å². The number of ether oxygens (including phenoxy) is 1. The summed E-state index contributed by atoms with van der Waals surface area (Å²) in [4.78, 5) is 4.46. The summed E-state index contributed by atoms with van der Waals surface area (Å²) >= 11 is 0. The van der Waals surface area contributed by atoms with Crippen molar-refractivity contribution in [3.8, 4) is 0 Å². The number of nitrogens with zero attached hydrogens (tertiary/aromatic N) is 2. The summed E-state index contributed by atoms with van der Waals surface area (Å²) in [5.74, 6) is 1.81. The molecule has 0 spiro atoms. The lowest BCUT2D eigenvalue weighted by Crippen LogP contribution is -2.33. The summed E-state index contributed by atoms with van der Waals surface area (Å²) in [5, 5.41) is 7.45. The summed E-state index contributed by atoms with van der Waals surface area (Å²) in [7, 11) is 1.65. The minimum atomic E-state index is -0.500. The predicted octanol–water partition coefficient (Wildman–Crippen LogP) is 2.01. The molecule has 2 unspecified atom stereocenters. The molecule has 5 heteroatoms. The standard InChI is InChI=1S/C12H21N3O2/c1-8-6-5-7-13-9(8)10-14-11(15-17-10)12(2,3)16-4/h8-9,13H,5-7H2,1-4H3. The van der Waals surface area contributed by atoms with Crippen molar-refractivity contribution in [1.29, 1.82) is 0 Å². The maximum atomic E-state index is 5.36. The minimum Gasteiger partial charge on any atom is -0.371 e. The van der Waals surface area contributed by atoms with Crippen molar-refractivity contribution >= 4 is 0 Å². The van der Waals surface area contributed by atoms with Crippen LogP contribution < -0.4 is 5.32 Å². The zero-order valence-corrected chi connectivity index (χ0v) is 11.0. The van der Waals surface area contributed by atoms with E-state index in [0.717, 1.165) is 6.54 Å². The molecule has 0 radical (unpaired) electrons. The first-order valence-electron chi connectivity index (χ1n) is 6.17. The van der Waals surface area contributed by atoms with Crippen molar-refractivity contribution in [2.24, 2.45) is 5.92 Å². The molecule has 0 aliphatic carbocycles. The lowest BCUT2D eigenvalue weighted by atomic mass is 9.93. The zero-order valence-electron chi connectivity index (χ0n) is 11.0. The van der Waals surface area contributed by atoms with Gasteiger partial charge in [-0.25, -0.2) is 0 Å². The Labute approximate surface area is 102 Å². The normalized spacial score (nSPS) is 26.1. The highest BCUT2D eigenvalue weighted by molar-refractivity contribution is 5.01. The fourth-order valence-corrected chi connectivity index (χ4v) is 2.08. The van der Waals surface area contributed by atoms with Crippen molar-refractivity contribution in [1.82, 2.24) is 15.5 Å². The van der Waals surface area contributed by atoms with E-state index in [1.807, 2.05) is 13.8 Å². The van der Waals surface area contributed by atoms with Gasteiger partial charge in [0.2, 0.25) is 11.7 Å². The van der Waals surface area contributed by atoms with Gasteiger partial charge in [0, 0.05) is 7.11 Å². The van der Waals surface area contributed by atoms with E-state index < -0.39 is 5.60 Å². The number of hydrogen-bond donors (Lipinski definition) is 1. The number of hydrogen-bond acceptors (Lipinski definition) is 5. The molecule has 0 saturated carbocycles. The number of piperidine rings is 1. The Balaban J connectivity index is 2.17. The van der Waals surface area contributed by atoms with E-state index in [0.29, 0.717) is 17.6 Å². The van der Waals surface area contributed by atoms with Gasteiger partial charge in [0.05, 0.1) is 6.04 Å². The Kier molecular flexibility index (Phi) is 3.49. The molecule has 0 bridgehead atoms. The Bertz CT molecular complexity index is 376. The third-order valence-electron chi connectivity index (χ3n) is 3.53. The Morgan fingerprint density at radius 1 is 1.47 bits per heavy atom. The lowest BCUT2D eigenvalue weighted by molar-refractivity contribution is 0.00973. The van der Waals surface area contributed by atoms with Crippen LogP contribution in [0, 0.1) is 5.92 Å². The summed E-state index contributed by atoms with van der Waals surface area (Å²) in [6.07, 6.45) is 2.41. The van der Waals surface area contributed by atoms with Gasteiger partial charge >= 0.3 is 0 Å². The van der Waals surface area contributed by atoms with E-state index in [2.05, 4.69) is 22.4 Å². The van der Waals surface area contributed by atoms with Crippen LogP contribution in [-0.2, 0) is 10.3 Å². The van der Waals surface area contributed by atoms with E-state index in [-0.39, 0.29) is 6.04 Å². The van der Waals surface area contributed by atoms with Gasteiger partial charge in [0.1, 0.15) is 5.60 Å². The van der Waals surface area contributed by atoms with Crippen LogP contribution >= 0.6 is 0 Å². The van der Waals surface area contributed by atoms with Gasteiger partial charge in [-0.05, 0) is 39.2 Å². The maximum absolute atomic E-state index is 5.36. The van der Waals surface area contributed by atoms with Crippen LogP contribution in [0.1, 0.15) is 51.4 Å². The van der Waals surface area contributed by atoms with Gasteiger partial charge < -0.3 is 14.6 Å². The zero-order chi connectivity index (χ0) is 12.5. The van der Waals surface area contributed by atoms with E-state index in [1.165, 1.54) is 12.8 Å². The molecule has 1 saturated heterocycles. The van der Waals surface area contributed by atoms with Crippen molar-refractivity contribution in [3.63, 3.8) is 0 Å². The Hall–Kier alpha value is -0.940. The van der Waals surface area contributed by atoms with Gasteiger partial charge in [0.15, 0.2) is 0 Å². The highest BCUT2D eigenvalue weighted by Gasteiger charge is 2.31. The molecule has 1 aliphatic heterocycles. The SMILES string of the molecule is COC(C)(C)c1noc(C2NCCCC2C)n1. The molecular formula is C12H21N3O2. The fraction of sp³-hybridized carbons (Fsp3) is 0.833. The fourth-order valence-electron chi connectivity index (χ4n) is 2.08. The number of methoxy groups -OCH3 is 1.